The molecule has 0 aliphatic heterocycles. The Morgan fingerprint density at radius 1 is 0.353 bits per heavy atom. The molecule has 11 aromatic rings. The zero-order valence-electron chi connectivity index (χ0n) is 27.6. The number of furan rings is 1. The van der Waals surface area contributed by atoms with Crippen LogP contribution in [0, 0.1) is 0 Å². The maximum atomic E-state index is 6.39. The van der Waals surface area contributed by atoms with Crippen LogP contribution < -0.4 is 0 Å². The van der Waals surface area contributed by atoms with Crippen LogP contribution in [0.1, 0.15) is 0 Å². The number of benzene rings is 8. The second kappa shape index (κ2) is 10.8. The Hall–Kier alpha value is -6.84. The van der Waals surface area contributed by atoms with Crippen molar-refractivity contribution in [1.29, 1.82) is 0 Å². The summed E-state index contributed by atoms with van der Waals surface area (Å²) in [5, 5.41) is 7.27. The molecule has 0 aliphatic rings. The fourth-order valence-corrected chi connectivity index (χ4v) is 8.27. The molecule has 0 aliphatic carbocycles. The Morgan fingerprint density at radius 2 is 1.02 bits per heavy atom. The van der Waals surface area contributed by atoms with Crippen molar-refractivity contribution in [2.24, 2.45) is 0 Å². The van der Waals surface area contributed by atoms with E-state index in [4.69, 9.17) is 4.42 Å². The number of aromatic nitrogens is 2. The second-order valence-corrected chi connectivity index (χ2v) is 13.3. The lowest BCUT2D eigenvalue weighted by Gasteiger charge is -2.12. The van der Waals surface area contributed by atoms with Crippen LogP contribution in [0.5, 0.6) is 0 Å². The Labute approximate surface area is 293 Å². The molecule has 51 heavy (non-hydrogen) atoms. The van der Waals surface area contributed by atoms with Gasteiger partial charge in [-0.2, -0.15) is 0 Å². The minimum Gasteiger partial charge on any atom is -0.455 e. The largest absolute Gasteiger partial charge is 0.455 e. The maximum Gasteiger partial charge on any atom is 0.143 e. The maximum absolute atomic E-state index is 6.39. The average molecular weight is 651 g/mol. The van der Waals surface area contributed by atoms with Gasteiger partial charge in [0.25, 0.3) is 0 Å². The van der Waals surface area contributed by atoms with Gasteiger partial charge in [-0.3, -0.25) is 0 Å². The lowest BCUT2D eigenvalue weighted by Crippen LogP contribution is -1.96. The first-order valence-electron chi connectivity index (χ1n) is 17.4. The molecule has 0 saturated heterocycles. The van der Waals surface area contributed by atoms with Crippen LogP contribution in [0.25, 0.3) is 99.2 Å². The third-order valence-corrected chi connectivity index (χ3v) is 10.5. The predicted molar refractivity (Wildman–Crippen MR) is 213 cm³/mol. The summed E-state index contributed by atoms with van der Waals surface area (Å²) in [6.45, 7) is 0. The number of hydrogen-bond donors (Lipinski definition) is 0. The summed E-state index contributed by atoms with van der Waals surface area (Å²) < 4.78 is 11.3. The Bertz CT molecular complexity index is 3120. The molecule has 3 nitrogen and oxygen atoms in total. The second-order valence-electron chi connectivity index (χ2n) is 13.3. The first-order valence-corrected chi connectivity index (χ1v) is 17.4. The molecule has 0 fully saturated rings. The molecule has 3 aromatic heterocycles. The molecule has 0 amide bonds. The Morgan fingerprint density at radius 3 is 1.86 bits per heavy atom. The standard InChI is InChI=1S/C48H30N2O/c1-2-12-31(13-3-1)33-14-10-15-35(30-33)50-42-21-7-4-16-37(42)39-28-29-44-46(47(39)50)41-18-5-8-22-43(41)49(44)34-26-24-32(25-27-34)36-19-11-20-40-38-17-6-9-23-45(38)51-48(36)40/h1-30H. The van der Waals surface area contributed by atoms with E-state index in [0.29, 0.717) is 0 Å². The van der Waals surface area contributed by atoms with Gasteiger partial charge in [-0.15, -0.1) is 0 Å². The van der Waals surface area contributed by atoms with E-state index in [2.05, 4.69) is 179 Å². The van der Waals surface area contributed by atoms with E-state index in [1.165, 1.54) is 54.7 Å². The van der Waals surface area contributed by atoms with E-state index in [1.54, 1.807) is 0 Å². The van der Waals surface area contributed by atoms with Crippen molar-refractivity contribution >= 4 is 65.6 Å². The van der Waals surface area contributed by atoms with E-state index in [0.717, 1.165) is 44.4 Å². The van der Waals surface area contributed by atoms with Gasteiger partial charge in [0.15, 0.2) is 0 Å². The average Bonchev–Trinajstić information content (AvgIpc) is 3.86. The number of rotatable bonds is 4. The topological polar surface area (TPSA) is 23.0 Å². The molecule has 0 unspecified atom stereocenters. The van der Waals surface area contributed by atoms with E-state index in [-0.39, 0.29) is 0 Å². The highest BCUT2D eigenvalue weighted by molar-refractivity contribution is 6.26. The first-order chi connectivity index (χ1) is 25.3. The van der Waals surface area contributed by atoms with Crippen LogP contribution in [0.4, 0.5) is 0 Å². The van der Waals surface area contributed by atoms with Gasteiger partial charge >= 0.3 is 0 Å². The van der Waals surface area contributed by atoms with Crippen molar-refractivity contribution in [3.8, 4) is 33.6 Å². The zero-order chi connectivity index (χ0) is 33.5. The number of fused-ring (bicyclic) bond motifs is 10. The smallest absolute Gasteiger partial charge is 0.143 e. The zero-order valence-corrected chi connectivity index (χ0v) is 27.6. The molecular weight excluding hydrogens is 621 g/mol. The minimum absolute atomic E-state index is 0.914. The number of hydrogen-bond acceptors (Lipinski definition) is 1. The summed E-state index contributed by atoms with van der Waals surface area (Å²) in [6, 6.07) is 65.4. The first kappa shape index (κ1) is 28.0. The lowest BCUT2D eigenvalue weighted by atomic mass is 10.0. The van der Waals surface area contributed by atoms with Crippen molar-refractivity contribution in [3.63, 3.8) is 0 Å². The quantitative estimate of drug-likeness (QED) is 0.186. The molecule has 3 heterocycles. The third-order valence-electron chi connectivity index (χ3n) is 10.5. The van der Waals surface area contributed by atoms with Gasteiger partial charge in [0.05, 0.1) is 22.1 Å². The monoisotopic (exact) mass is 650 g/mol. The third kappa shape index (κ3) is 4.12. The van der Waals surface area contributed by atoms with Crippen LogP contribution in [-0.4, -0.2) is 9.13 Å². The van der Waals surface area contributed by atoms with Crippen molar-refractivity contribution in [3.05, 3.63) is 182 Å². The van der Waals surface area contributed by atoms with Crippen LogP contribution in [0.15, 0.2) is 186 Å². The number of nitrogens with zero attached hydrogens (tertiary/aromatic N) is 2. The molecule has 0 spiro atoms. The molecule has 0 atom stereocenters. The van der Waals surface area contributed by atoms with Crippen molar-refractivity contribution in [2.75, 3.05) is 0 Å². The fraction of sp³-hybridized carbons (Fsp3) is 0. The summed E-state index contributed by atoms with van der Waals surface area (Å²) in [6.07, 6.45) is 0. The van der Waals surface area contributed by atoms with E-state index in [1.807, 2.05) is 12.1 Å². The van der Waals surface area contributed by atoms with Crippen LogP contribution in [0.2, 0.25) is 0 Å². The summed E-state index contributed by atoms with van der Waals surface area (Å²) in [5.74, 6) is 0. The molecule has 0 radical (unpaired) electrons. The summed E-state index contributed by atoms with van der Waals surface area (Å²) in [5.41, 5.74) is 13.5. The molecule has 11 rings (SSSR count). The SMILES string of the molecule is c1ccc(-c2cccc(-n3c4ccccc4c4ccc5c(c6ccccc6n5-c5ccc(-c6cccc7c6oc6ccccc67)cc5)c43)c2)cc1. The van der Waals surface area contributed by atoms with Gasteiger partial charge < -0.3 is 13.6 Å². The highest BCUT2D eigenvalue weighted by Gasteiger charge is 2.21. The molecule has 0 N–H and O–H groups in total. The van der Waals surface area contributed by atoms with Gasteiger partial charge in [0, 0.05) is 49.3 Å². The summed E-state index contributed by atoms with van der Waals surface area (Å²) in [7, 11) is 0. The highest BCUT2D eigenvalue weighted by atomic mass is 16.3. The molecule has 0 saturated carbocycles. The van der Waals surface area contributed by atoms with E-state index >= 15 is 0 Å². The van der Waals surface area contributed by atoms with E-state index in [9.17, 15) is 0 Å². The Balaban J connectivity index is 1.15. The van der Waals surface area contributed by atoms with Crippen molar-refractivity contribution < 1.29 is 4.42 Å². The molecule has 8 aromatic carbocycles. The van der Waals surface area contributed by atoms with Crippen LogP contribution >= 0.6 is 0 Å². The summed E-state index contributed by atoms with van der Waals surface area (Å²) in [4.78, 5) is 0. The predicted octanol–water partition coefficient (Wildman–Crippen LogP) is 13.1. The van der Waals surface area contributed by atoms with Crippen molar-refractivity contribution in [2.45, 2.75) is 0 Å². The molecular formula is C48H30N2O. The van der Waals surface area contributed by atoms with Gasteiger partial charge in [0.1, 0.15) is 11.2 Å². The minimum atomic E-state index is 0.914. The van der Waals surface area contributed by atoms with Gasteiger partial charge in [0.2, 0.25) is 0 Å². The van der Waals surface area contributed by atoms with Gasteiger partial charge in [-0.05, 0) is 65.2 Å². The highest BCUT2D eigenvalue weighted by Crippen LogP contribution is 2.43. The normalized spacial score (nSPS) is 11.9. The summed E-state index contributed by atoms with van der Waals surface area (Å²) >= 11 is 0. The van der Waals surface area contributed by atoms with Crippen molar-refractivity contribution in [1.82, 2.24) is 9.13 Å². The number of para-hydroxylation sites is 4. The van der Waals surface area contributed by atoms with E-state index < -0.39 is 0 Å². The fourth-order valence-electron chi connectivity index (χ4n) is 8.27. The van der Waals surface area contributed by atoms with Crippen LogP contribution in [-0.2, 0) is 0 Å². The van der Waals surface area contributed by atoms with Gasteiger partial charge in [-0.1, -0.05) is 133 Å². The molecule has 238 valence electrons. The molecule has 0 bridgehead atoms. The lowest BCUT2D eigenvalue weighted by molar-refractivity contribution is 0.670. The van der Waals surface area contributed by atoms with Crippen LogP contribution in [0.3, 0.4) is 0 Å². The Kier molecular flexibility index (Phi) is 5.96. The van der Waals surface area contributed by atoms with Gasteiger partial charge in [-0.25, -0.2) is 0 Å². The molecule has 3 heteroatoms.